The van der Waals surface area contributed by atoms with Gasteiger partial charge in [0.2, 0.25) is 5.91 Å². The minimum Gasteiger partial charge on any atom is -0.368 e. The molecule has 0 N–H and O–H groups in total. The van der Waals surface area contributed by atoms with Gasteiger partial charge < -0.3 is 14.4 Å². The van der Waals surface area contributed by atoms with Crippen molar-refractivity contribution in [3.63, 3.8) is 0 Å². The van der Waals surface area contributed by atoms with Crippen molar-refractivity contribution < 1.29 is 4.79 Å². The highest BCUT2D eigenvalue weighted by atomic mass is 16.2. The van der Waals surface area contributed by atoms with Crippen LogP contribution in [0.2, 0.25) is 0 Å². The van der Waals surface area contributed by atoms with Crippen molar-refractivity contribution in [2.45, 2.75) is 40.3 Å². The average molecular weight is 458 g/mol. The summed E-state index contributed by atoms with van der Waals surface area (Å²) in [6, 6.07) is 14.4. The fourth-order valence-corrected chi connectivity index (χ4v) is 5.07. The van der Waals surface area contributed by atoms with Gasteiger partial charge in [0.1, 0.15) is 12.1 Å². The second kappa shape index (κ2) is 8.97. The summed E-state index contributed by atoms with van der Waals surface area (Å²) in [7, 11) is 0. The van der Waals surface area contributed by atoms with Crippen molar-refractivity contribution in [3.8, 4) is 0 Å². The van der Waals surface area contributed by atoms with Crippen LogP contribution in [0.1, 0.15) is 24.5 Å². The Balaban J connectivity index is 1.37. The molecule has 7 heteroatoms. The van der Waals surface area contributed by atoms with Gasteiger partial charge in [0.05, 0.1) is 6.20 Å². The quantitative estimate of drug-likeness (QED) is 0.458. The van der Waals surface area contributed by atoms with Crippen LogP contribution in [-0.2, 0) is 17.9 Å². The molecule has 7 nitrogen and oxygen atoms in total. The Morgan fingerprint density at radius 2 is 1.74 bits per heavy atom. The number of hydrogen-bond donors (Lipinski definition) is 0. The number of aryl methyl sites for hydroxylation is 2. The second-order valence-corrected chi connectivity index (χ2v) is 9.13. The van der Waals surface area contributed by atoms with Gasteiger partial charge in [-0.05, 0) is 43.5 Å². The Morgan fingerprint density at radius 3 is 2.50 bits per heavy atom. The van der Waals surface area contributed by atoms with Crippen molar-refractivity contribution in [1.29, 1.82) is 0 Å². The minimum absolute atomic E-state index is 0.0358. The van der Waals surface area contributed by atoms with Crippen LogP contribution in [-0.4, -0.2) is 51.3 Å². The molecule has 0 spiro atoms. The van der Waals surface area contributed by atoms with E-state index in [1.54, 1.807) is 6.20 Å². The first-order chi connectivity index (χ1) is 16.5. The van der Waals surface area contributed by atoms with E-state index in [1.165, 1.54) is 21.5 Å². The Kier molecular flexibility index (Phi) is 5.86. The molecule has 3 heterocycles. The van der Waals surface area contributed by atoms with Crippen LogP contribution >= 0.6 is 0 Å². The number of aromatic nitrogens is 3. The number of carbonyl (C=O) groups excluding carboxylic acids is 1. The molecule has 1 amide bonds. The summed E-state index contributed by atoms with van der Waals surface area (Å²) >= 11 is 0. The van der Waals surface area contributed by atoms with E-state index in [0.29, 0.717) is 18.6 Å². The molecule has 5 rings (SSSR count). The molecule has 1 fully saturated rings. The molecule has 0 aliphatic carbocycles. The lowest BCUT2D eigenvalue weighted by atomic mass is 10.1. The van der Waals surface area contributed by atoms with Crippen LogP contribution in [0.4, 0.5) is 5.69 Å². The lowest BCUT2D eigenvalue weighted by Gasteiger charge is -2.37. The Morgan fingerprint density at radius 1 is 0.971 bits per heavy atom. The maximum absolute atomic E-state index is 13.4. The van der Waals surface area contributed by atoms with Gasteiger partial charge in [-0.15, -0.1) is 0 Å². The number of nitrogens with zero attached hydrogens (tertiary/aromatic N) is 5. The molecule has 1 saturated heterocycles. The molecular weight excluding hydrogens is 426 g/mol. The molecule has 0 radical (unpaired) electrons. The summed E-state index contributed by atoms with van der Waals surface area (Å²) in [6.07, 6.45) is 2.65. The fourth-order valence-electron chi connectivity index (χ4n) is 5.07. The Bertz CT molecular complexity index is 1430. The van der Waals surface area contributed by atoms with Crippen LogP contribution in [0, 0.1) is 13.8 Å². The molecule has 2 aromatic heterocycles. The molecule has 0 saturated carbocycles. The molecule has 176 valence electrons. The van der Waals surface area contributed by atoms with Gasteiger partial charge in [-0.1, -0.05) is 37.3 Å². The highest BCUT2D eigenvalue weighted by molar-refractivity contribution is 6.07. The third-order valence-corrected chi connectivity index (χ3v) is 7.05. The lowest BCUT2D eigenvalue weighted by Crippen LogP contribution is -2.50. The maximum atomic E-state index is 13.4. The van der Waals surface area contributed by atoms with Gasteiger partial charge >= 0.3 is 0 Å². The van der Waals surface area contributed by atoms with Crippen molar-refractivity contribution in [1.82, 2.24) is 19.2 Å². The first-order valence-electron chi connectivity index (χ1n) is 12.1. The van der Waals surface area contributed by atoms with E-state index in [4.69, 9.17) is 0 Å². The van der Waals surface area contributed by atoms with E-state index in [9.17, 15) is 9.59 Å². The molecule has 0 unspecified atom stereocenters. The summed E-state index contributed by atoms with van der Waals surface area (Å²) in [5.41, 5.74) is 5.25. The number of hydrogen-bond acceptors (Lipinski definition) is 4. The molecule has 4 aromatic rings. The molecule has 1 aliphatic heterocycles. The van der Waals surface area contributed by atoms with Crippen molar-refractivity contribution in [3.05, 3.63) is 70.1 Å². The van der Waals surface area contributed by atoms with Gasteiger partial charge in [-0.2, -0.15) is 5.10 Å². The average Bonchev–Trinajstić information content (AvgIpc) is 3.17. The number of para-hydroxylation sites is 1. The van der Waals surface area contributed by atoms with E-state index in [-0.39, 0.29) is 18.0 Å². The largest absolute Gasteiger partial charge is 0.368 e. The van der Waals surface area contributed by atoms with Crippen molar-refractivity contribution in [2.75, 3.05) is 31.1 Å². The van der Waals surface area contributed by atoms with E-state index in [0.717, 1.165) is 42.3 Å². The number of piperazine rings is 1. The summed E-state index contributed by atoms with van der Waals surface area (Å²) in [5, 5.41) is 6.25. The van der Waals surface area contributed by atoms with Crippen molar-refractivity contribution in [2.24, 2.45) is 0 Å². The van der Waals surface area contributed by atoms with Crippen LogP contribution in [0.3, 0.4) is 0 Å². The Hall–Kier alpha value is -3.61. The first kappa shape index (κ1) is 22.2. The third kappa shape index (κ3) is 3.75. The van der Waals surface area contributed by atoms with Crippen LogP contribution in [0.25, 0.3) is 21.8 Å². The zero-order valence-electron chi connectivity index (χ0n) is 20.1. The molecular formula is C27H31N5O2. The summed E-state index contributed by atoms with van der Waals surface area (Å²) in [5.74, 6) is -0.0623. The third-order valence-electron chi connectivity index (χ3n) is 7.05. The normalized spacial score (nSPS) is 14.3. The molecule has 34 heavy (non-hydrogen) atoms. The van der Waals surface area contributed by atoms with Gasteiger partial charge in [0.25, 0.3) is 5.56 Å². The van der Waals surface area contributed by atoms with E-state index >= 15 is 0 Å². The summed E-state index contributed by atoms with van der Waals surface area (Å²) in [4.78, 5) is 30.7. The van der Waals surface area contributed by atoms with Crippen LogP contribution in [0.5, 0.6) is 0 Å². The monoisotopic (exact) mass is 457 g/mol. The zero-order chi connectivity index (χ0) is 23.8. The molecule has 1 aliphatic rings. The molecule has 0 atom stereocenters. The maximum Gasteiger partial charge on any atom is 0.291 e. The first-order valence-corrected chi connectivity index (χ1v) is 12.1. The number of fused-ring (bicyclic) bond motifs is 3. The van der Waals surface area contributed by atoms with Crippen molar-refractivity contribution >= 4 is 33.4 Å². The predicted octanol–water partition coefficient (Wildman–Crippen LogP) is 3.73. The summed E-state index contributed by atoms with van der Waals surface area (Å²) in [6.45, 7) is 9.92. The summed E-state index contributed by atoms with van der Waals surface area (Å²) < 4.78 is 3.39. The highest BCUT2D eigenvalue weighted by Gasteiger charge is 2.24. The van der Waals surface area contributed by atoms with Gasteiger partial charge in [-0.25, -0.2) is 4.68 Å². The standard InChI is InChI=1S/C27H31N5O2/c1-4-12-31-24-10-6-5-9-21(24)22-17-28-32(27(34)26(22)31)18-25(33)30-15-13-29(14-16-30)23-11-7-8-19(2)20(23)3/h5-11,17H,4,12-16,18H2,1-3H3. The number of anilines is 1. The number of rotatable bonds is 5. The van der Waals surface area contributed by atoms with Crippen LogP contribution in [0.15, 0.2) is 53.5 Å². The minimum atomic E-state index is -0.204. The second-order valence-electron chi connectivity index (χ2n) is 9.13. The number of amides is 1. The Labute approximate surface area is 199 Å². The van der Waals surface area contributed by atoms with Gasteiger partial charge in [-0.3, -0.25) is 9.59 Å². The number of benzene rings is 2. The van der Waals surface area contributed by atoms with E-state index in [2.05, 4.69) is 53.5 Å². The topological polar surface area (TPSA) is 63.4 Å². The van der Waals surface area contributed by atoms with Gasteiger partial charge in [0.15, 0.2) is 0 Å². The zero-order valence-corrected chi connectivity index (χ0v) is 20.1. The SMILES string of the molecule is CCCn1c2ccccc2c2cnn(CC(=O)N3CCN(c4cccc(C)c4C)CC3)c(=O)c21. The van der Waals surface area contributed by atoms with E-state index in [1.807, 2.05) is 29.2 Å². The fraction of sp³-hybridized carbons (Fsp3) is 0.370. The predicted molar refractivity (Wildman–Crippen MR) is 136 cm³/mol. The molecule has 2 aromatic carbocycles. The smallest absolute Gasteiger partial charge is 0.291 e. The van der Waals surface area contributed by atoms with Gasteiger partial charge in [0, 0.05) is 54.7 Å². The van der Waals surface area contributed by atoms with Crippen LogP contribution < -0.4 is 10.5 Å². The molecule has 0 bridgehead atoms. The highest BCUT2D eigenvalue weighted by Crippen LogP contribution is 2.27. The lowest BCUT2D eigenvalue weighted by molar-refractivity contribution is -0.132. The number of carbonyl (C=O) groups is 1. The van der Waals surface area contributed by atoms with E-state index < -0.39 is 0 Å².